The summed E-state index contributed by atoms with van der Waals surface area (Å²) >= 11 is 0. The summed E-state index contributed by atoms with van der Waals surface area (Å²) in [5.74, 6) is -12.9. The van der Waals surface area contributed by atoms with Gasteiger partial charge in [-0.25, -0.2) is 4.79 Å². The molecule has 1 fully saturated rings. The molecule has 1 saturated heterocycles. The molecule has 1 aliphatic heterocycles. The molecule has 0 aliphatic carbocycles. The Morgan fingerprint density at radius 2 is 1.10 bits per heavy atom. The van der Waals surface area contributed by atoms with E-state index in [0.29, 0.717) is 27.6 Å². The van der Waals surface area contributed by atoms with E-state index in [1.807, 2.05) is 0 Å². The number of H-pyrrole nitrogens is 1. The van der Waals surface area contributed by atoms with Gasteiger partial charge in [0.2, 0.25) is 65.0 Å². The fourth-order valence-corrected chi connectivity index (χ4v) is 9.82. The van der Waals surface area contributed by atoms with Gasteiger partial charge in [-0.05, 0) is 92.5 Å². The van der Waals surface area contributed by atoms with E-state index in [1.165, 1.54) is 53.4 Å². The summed E-state index contributed by atoms with van der Waals surface area (Å²) in [5.41, 5.74) is 35.2. The van der Waals surface area contributed by atoms with Crippen molar-refractivity contribution in [1.82, 2.24) is 47.1 Å². The van der Waals surface area contributed by atoms with E-state index in [9.17, 15) is 73.2 Å². The lowest BCUT2D eigenvalue weighted by molar-refractivity contribution is -0.145. The SMILES string of the molecule is C[C@@H](O)[C@H](NC(=O)[C@H](Cc1c[nH]c2ccccc12)NC(=O)[C@@H]1CCCN1C(=O)[C@H](Cc1ccc(O)cc1)NC(=O)[C@H](CCCN=C(N)N)NC(=O)[C@H](CC(N)=O)NC(=O)[C@H](Cc1ccc(O)cc1)NC(=O)[C@H](CCC(N)=O)NC(=O)[C@@H](N)CCC(N)=O)C(=O)O. The van der Waals surface area contributed by atoms with Crippen LogP contribution in [0.1, 0.15) is 81.4 Å². The van der Waals surface area contributed by atoms with Gasteiger partial charge in [-0.15, -0.1) is 0 Å². The van der Waals surface area contributed by atoms with Crippen LogP contribution in [0.15, 0.2) is 84.0 Å². The first-order valence-electron chi connectivity index (χ1n) is 28.7. The Morgan fingerprint density at radius 3 is 1.68 bits per heavy atom. The van der Waals surface area contributed by atoms with Gasteiger partial charge in [0.15, 0.2) is 12.0 Å². The maximum absolute atomic E-state index is 15.0. The van der Waals surface area contributed by atoms with Crippen molar-refractivity contribution in [1.29, 1.82) is 0 Å². The second-order valence-corrected chi connectivity index (χ2v) is 21.7. The van der Waals surface area contributed by atoms with Crippen LogP contribution in [0.5, 0.6) is 11.5 Å². The third-order valence-corrected chi connectivity index (χ3v) is 14.6. The third kappa shape index (κ3) is 21.8. The molecule has 90 heavy (non-hydrogen) atoms. The summed E-state index contributed by atoms with van der Waals surface area (Å²) in [5, 5.41) is 58.2. The normalized spacial score (nSPS) is 15.8. The Kier molecular flexibility index (Phi) is 26.3. The number of carbonyl (C=O) groups is 12. The number of carboxylic acids is 1. The predicted molar refractivity (Wildman–Crippen MR) is 322 cm³/mol. The van der Waals surface area contributed by atoms with Crippen LogP contribution in [0.25, 0.3) is 10.9 Å². The van der Waals surface area contributed by atoms with Crippen molar-refractivity contribution in [2.45, 2.75) is 144 Å². The van der Waals surface area contributed by atoms with E-state index in [0.717, 1.165) is 6.92 Å². The number of nitrogens with zero attached hydrogens (tertiary/aromatic N) is 2. The van der Waals surface area contributed by atoms with E-state index in [1.54, 1.807) is 30.5 Å². The lowest BCUT2D eigenvalue weighted by Crippen LogP contribution is -2.61. The van der Waals surface area contributed by atoms with Crippen molar-refractivity contribution >= 4 is 87.8 Å². The highest BCUT2D eigenvalue weighted by molar-refractivity contribution is 6.00. The zero-order valence-corrected chi connectivity index (χ0v) is 49.2. The van der Waals surface area contributed by atoms with Gasteiger partial charge in [0.1, 0.15) is 53.8 Å². The van der Waals surface area contributed by atoms with Gasteiger partial charge in [-0.2, -0.15) is 0 Å². The quantitative estimate of drug-likeness (QED) is 0.0117. The molecule has 5 rings (SSSR count). The summed E-state index contributed by atoms with van der Waals surface area (Å²) < 4.78 is 0. The number of nitrogens with one attached hydrogen (secondary N) is 8. The molecule has 0 saturated carbocycles. The Labute approximate surface area is 515 Å². The first-order valence-corrected chi connectivity index (χ1v) is 28.7. The number of fused-ring (bicyclic) bond motifs is 1. The summed E-state index contributed by atoms with van der Waals surface area (Å²) in [4.78, 5) is 170. The molecule has 1 aliphatic rings. The molecular weight excluding hydrogens is 1180 g/mol. The molecule has 2 heterocycles. The first-order chi connectivity index (χ1) is 42.6. The molecule has 10 atom stereocenters. The number of aromatic hydroxyl groups is 2. The number of aromatic nitrogens is 1. The van der Waals surface area contributed by atoms with Gasteiger partial charge in [0.05, 0.1) is 18.6 Å². The zero-order chi connectivity index (χ0) is 66.4. The number of nitrogens with two attached hydrogens (primary N) is 6. The van der Waals surface area contributed by atoms with Crippen molar-refractivity contribution in [3.8, 4) is 11.5 Å². The second kappa shape index (κ2) is 33.7. The van der Waals surface area contributed by atoms with Gasteiger partial charge in [-0.3, -0.25) is 57.7 Å². The molecule has 32 heteroatoms. The van der Waals surface area contributed by atoms with Gasteiger partial charge in [-0.1, -0.05) is 42.5 Å². The molecule has 0 radical (unpaired) electrons. The number of carboxylic acid groups (broad SMARTS) is 1. The van der Waals surface area contributed by atoms with E-state index < -0.39 is 151 Å². The minimum Gasteiger partial charge on any atom is -0.508 e. The molecule has 0 unspecified atom stereocenters. The Hall–Kier alpha value is -10.4. The Balaban J connectivity index is 1.44. The number of hydrogen-bond acceptors (Lipinski definition) is 17. The number of amides is 11. The van der Waals surface area contributed by atoms with E-state index in [2.05, 4.69) is 47.2 Å². The fraction of sp³-hybridized carbons (Fsp3) is 0.431. The number of aliphatic carboxylic acids is 1. The number of likely N-dealkylation sites (tertiary alicyclic amines) is 1. The standard InChI is InChI=1S/C58H78N16O16/c1-29(75)48(57(89)90)73-54(86)41(26-32-28-66-37-7-3-2-6-35(32)37)71-55(87)44-9-5-23-74(44)56(88)43(25-31-12-16-34(77)17-13-31)72-50(82)38(8-4-22-65-58(63)64)68-53(85)42(27-47(62)80)70-52(84)40(24-30-10-14-33(76)15-11-30)69-51(83)39(19-21-46(61)79)67-49(81)36(59)18-20-45(60)78/h2-3,6-7,10-17,28-29,36,38-44,48,66,75-77H,4-5,8-9,18-27,59H2,1H3,(H2,60,78)(H2,61,79)(H2,62,80)(H,67,81)(H,68,85)(H,69,83)(H,70,84)(H,71,87)(H,72,82)(H,73,86)(H,89,90)(H4,63,64,65)/t29-,36+,38+,39+,40+,41+,42+,43+,44+,48+/m1/s1. The van der Waals surface area contributed by atoms with Crippen LogP contribution in [0.2, 0.25) is 0 Å². The number of guanidine groups is 1. The minimum atomic E-state index is -1.90. The lowest BCUT2D eigenvalue weighted by atomic mass is 10.0. The Bertz CT molecular complexity index is 3260. The summed E-state index contributed by atoms with van der Waals surface area (Å²) in [7, 11) is 0. The number of benzene rings is 3. The monoisotopic (exact) mass is 1250 g/mol. The van der Waals surface area contributed by atoms with Gasteiger partial charge in [0.25, 0.3) is 0 Å². The first kappa shape index (κ1) is 70.4. The van der Waals surface area contributed by atoms with Gasteiger partial charge < -0.3 is 102 Å². The highest BCUT2D eigenvalue weighted by Crippen LogP contribution is 2.24. The van der Waals surface area contributed by atoms with E-state index in [4.69, 9.17) is 34.4 Å². The molecular formula is C58H78N16O16. The number of carbonyl (C=O) groups excluding carboxylic acids is 11. The van der Waals surface area contributed by atoms with E-state index >= 15 is 4.79 Å². The molecule has 1 aromatic heterocycles. The smallest absolute Gasteiger partial charge is 0.328 e. The fourth-order valence-electron chi connectivity index (χ4n) is 9.82. The van der Waals surface area contributed by atoms with Gasteiger partial charge >= 0.3 is 5.97 Å². The number of aliphatic imine (C=N–C) groups is 1. The molecule has 486 valence electrons. The number of phenolic OH excluding ortho intramolecular Hbond substituents is 2. The van der Waals surface area contributed by atoms with Gasteiger partial charge in [0, 0.05) is 62.3 Å². The molecule has 24 N–H and O–H groups in total. The molecule has 32 nitrogen and oxygen atoms in total. The maximum atomic E-state index is 15.0. The number of para-hydroxylation sites is 1. The lowest BCUT2D eigenvalue weighted by Gasteiger charge is -2.31. The number of rotatable bonds is 35. The third-order valence-electron chi connectivity index (χ3n) is 14.6. The van der Waals surface area contributed by atoms with Crippen molar-refractivity contribution in [3.63, 3.8) is 0 Å². The number of primary amides is 3. The van der Waals surface area contributed by atoms with Crippen LogP contribution in [0, 0.1) is 0 Å². The average molecular weight is 1260 g/mol. The summed E-state index contributed by atoms with van der Waals surface area (Å²) in [6.07, 6.45) is -3.03. The van der Waals surface area contributed by atoms with Crippen LogP contribution in [-0.2, 0) is 76.8 Å². The number of aliphatic hydroxyl groups is 1. The molecule has 4 aromatic rings. The highest BCUT2D eigenvalue weighted by Gasteiger charge is 2.41. The number of aromatic amines is 1. The second-order valence-electron chi connectivity index (χ2n) is 21.7. The molecule has 11 amide bonds. The van der Waals surface area contributed by atoms with Crippen molar-refractivity contribution in [2.24, 2.45) is 39.4 Å². The van der Waals surface area contributed by atoms with Crippen LogP contribution in [0.3, 0.4) is 0 Å². The topological polar surface area (TPSA) is 557 Å². The highest BCUT2D eigenvalue weighted by atomic mass is 16.4. The van der Waals surface area contributed by atoms with Crippen LogP contribution in [0.4, 0.5) is 0 Å². The predicted octanol–water partition coefficient (Wildman–Crippen LogP) is -4.76. The molecule has 0 spiro atoms. The summed E-state index contributed by atoms with van der Waals surface area (Å²) in [6, 6.07) is 3.78. The largest absolute Gasteiger partial charge is 0.508 e. The number of hydrogen-bond donors (Lipinski definition) is 18. The van der Waals surface area contributed by atoms with Crippen molar-refractivity contribution in [3.05, 3.63) is 95.7 Å². The molecule has 3 aromatic carbocycles. The van der Waals surface area contributed by atoms with Crippen molar-refractivity contribution < 1.29 is 78.0 Å². The molecule has 0 bridgehead atoms. The van der Waals surface area contributed by atoms with Crippen LogP contribution < -0.4 is 71.6 Å². The number of aliphatic hydroxyl groups excluding tert-OH is 1. The maximum Gasteiger partial charge on any atom is 0.328 e. The van der Waals surface area contributed by atoms with Crippen LogP contribution >= 0.6 is 0 Å². The van der Waals surface area contributed by atoms with Crippen LogP contribution in [-0.4, -0.2) is 181 Å². The average Bonchev–Trinajstić information content (AvgIpc) is 2.13. The number of phenols is 2. The Morgan fingerprint density at radius 1 is 0.600 bits per heavy atom. The van der Waals surface area contributed by atoms with E-state index in [-0.39, 0.29) is 88.3 Å². The minimum absolute atomic E-state index is 0.0178. The summed E-state index contributed by atoms with van der Waals surface area (Å²) in [6.45, 7) is 1.02. The zero-order valence-electron chi connectivity index (χ0n) is 49.2. The van der Waals surface area contributed by atoms with Crippen molar-refractivity contribution in [2.75, 3.05) is 13.1 Å².